The number of hydrogen-bond donors (Lipinski definition) is 0. The van der Waals surface area contributed by atoms with E-state index in [1.54, 1.807) is 0 Å². The summed E-state index contributed by atoms with van der Waals surface area (Å²) < 4.78 is 0. The highest BCUT2D eigenvalue weighted by Gasteiger charge is 2.34. The first-order valence-electron chi connectivity index (χ1n) is 9.99. The number of nitrogens with zero attached hydrogens (tertiary/aromatic N) is 3. The van der Waals surface area contributed by atoms with Crippen LogP contribution in [-0.4, -0.2) is 71.5 Å². The number of carbonyl (C=O) groups excluding carboxylic acids is 1. The summed E-state index contributed by atoms with van der Waals surface area (Å²) in [5, 5.41) is 0. The van der Waals surface area contributed by atoms with Crippen molar-refractivity contribution in [3.05, 3.63) is 0 Å². The van der Waals surface area contributed by atoms with E-state index in [2.05, 4.69) is 28.5 Å². The van der Waals surface area contributed by atoms with Crippen LogP contribution in [0.5, 0.6) is 0 Å². The van der Waals surface area contributed by atoms with Crippen LogP contribution in [0.4, 0.5) is 0 Å². The van der Waals surface area contributed by atoms with Crippen LogP contribution in [0, 0.1) is 0 Å². The molecule has 0 N–H and O–H groups in total. The Morgan fingerprint density at radius 1 is 0.957 bits per heavy atom. The van der Waals surface area contributed by atoms with Crippen molar-refractivity contribution in [3.63, 3.8) is 0 Å². The van der Waals surface area contributed by atoms with Crippen molar-refractivity contribution in [2.45, 2.75) is 83.3 Å². The van der Waals surface area contributed by atoms with Crippen LogP contribution < -0.4 is 0 Å². The Kier molecular flexibility index (Phi) is 5.97. The number of carbonyl (C=O) groups is 1. The molecule has 3 heterocycles. The molecule has 0 aromatic carbocycles. The van der Waals surface area contributed by atoms with Gasteiger partial charge in [0.15, 0.2) is 0 Å². The zero-order chi connectivity index (χ0) is 16.2. The Bertz CT molecular complexity index is 386. The summed E-state index contributed by atoms with van der Waals surface area (Å²) in [5.41, 5.74) is 0. The fourth-order valence-corrected chi connectivity index (χ4v) is 4.86. The maximum absolute atomic E-state index is 13.0. The Morgan fingerprint density at radius 2 is 1.61 bits per heavy atom. The van der Waals surface area contributed by atoms with Crippen molar-refractivity contribution in [3.8, 4) is 0 Å². The quantitative estimate of drug-likeness (QED) is 0.796. The average Bonchev–Trinajstić information content (AvgIpc) is 3.15. The van der Waals surface area contributed by atoms with E-state index in [4.69, 9.17) is 0 Å². The van der Waals surface area contributed by atoms with Crippen molar-refractivity contribution in [2.75, 3.05) is 32.7 Å². The fourth-order valence-electron chi connectivity index (χ4n) is 4.86. The minimum atomic E-state index is 0.0710. The maximum Gasteiger partial charge on any atom is 0.239 e. The molecule has 3 saturated heterocycles. The lowest BCUT2D eigenvalue weighted by Gasteiger charge is -2.42. The van der Waals surface area contributed by atoms with Gasteiger partial charge in [-0.15, -0.1) is 0 Å². The lowest BCUT2D eigenvalue weighted by molar-refractivity contribution is -0.140. The molecule has 0 saturated carbocycles. The zero-order valence-electron chi connectivity index (χ0n) is 15.2. The first-order chi connectivity index (χ1) is 11.2. The van der Waals surface area contributed by atoms with Crippen molar-refractivity contribution in [1.82, 2.24) is 14.7 Å². The smallest absolute Gasteiger partial charge is 0.239 e. The van der Waals surface area contributed by atoms with Gasteiger partial charge in [-0.3, -0.25) is 9.69 Å². The van der Waals surface area contributed by atoms with Gasteiger partial charge in [-0.2, -0.15) is 0 Å². The summed E-state index contributed by atoms with van der Waals surface area (Å²) in [4.78, 5) is 20.3. The molecule has 0 aliphatic carbocycles. The third kappa shape index (κ3) is 3.90. The second kappa shape index (κ2) is 7.98. The molecule has 2 atom stereocenters. The predicted octanol–water partition coefficient (Wildman–Crippen LogP) is 2.73. The monoisotopic (exact) mass is 321 g/mol. The van der Waals surface area contributed by atoms with E-state index < -0.39 is 0 Å². The van der Waals surface area contributed by atoms with E-state index in [-0.39, 0.29) is 6.04 Å². The van der Waals surface area contributed by atoms with E-state index >= 15 is 0 Å². The summed E-state index contributed by atoms with van der Waals surface area (Å²) >= 11 is 0. The molecule has 3 aliphatic heterocycles. The highest BCUT2D eigenvalue weighted by molar-refractivity contribution is 5.82. The maximum atomic E-state index is 13.0. The van der Waals surface area contributed by atoms with Crippen LogP contribution in [0.1, 0.15) is 65.2 Å². The third-order valence-electron chi connectivity index (χ3n) is 6.44. The lowest BCUT2D eigenvalue weighted by Crippen LogP contribution is -2.55. The molecule has 3 aliphatic rings. The second-order valence-corrected chi connectivity index (χ2v) is 7.78. The van der Waals surface area contributed by atoms with E-state index in [0.29, 0.717) is 11.9 Å². The molecule has 23 heavy (non-hydrogen) atoms. The van der Waals surface area contributed by atoms with Gasteiger partial charge in [0.25, 0.3) is 0 Å². The number of likely N-dealkylation sites (tertiary alicyclic amines) is 3. The Hall–Kier alpha value is -0.610. The molecule has 0 bridgehead atoms. The first-order valence-corrected chi connectivity index (χ1v) is 9.99. The van der Waals surface area contributed by atoms with Crippen molar-refractivity contribution < 1.29 is 4.79 Å². The van der Waals surface area contributed by atoms with Gasteiger partial charge in [0.05, 0.1) is 6.04 Å². The molecule has 4 heteroatoms. The number of hydrogen-bond acceptors (Lipinski definition) is 3. The van der Waals surface area contributed by atoms with Crippen LogP contribution in [0.25, 0.3) is 0 Å². The first kappa shape index (κ1) is 17.2. The highest BCUT2D eigenvalue weighted by Crippen LogP contribution is 2.25. The van der Waals surface area contributed by atoms with Gasteiger partial charge in [0.2, 0.25) is 5.91 Å². The van der Waals surface area contributed by atoms with Gasteiger partial charge < -0.3 is 9.80 Å². The normalized spacial score (nSPS) is 29.8. The zero-order valence-corrected chi connectivity index (χ0v) is 15.2. The molecule has 2 unspecified atom stereocenters. The molecular formula is C19H35N3O. The summed E-state index contributed by atoms with van der Waals surface area (Å²) in [5.74, 6) is 0.385. The van der Waals surface area contributed by atoms with Gasteiger partial charge in [-0.1, -0.05) is 6.92 Å². The standard InChI is InChI=1S/C19H35N3O/c1-3-17-8-4-5-13-22(17)19(23)16(2)20-14-9-18(10-15-20)21-11-6-7-12-21/h16-18H,3-15H2,1-2H3. The molecule has 0 aromatic rings. The minimum absolute atomic E-state index is 0.0710. The SMILES string of the molecule is CCC1CCCCN1C(=O)C(C)N1CCC(N2CCCC2)CC1. The summed E-state index contributed by atoms with van der Waals surface area (Å²) in [7, 11) is 0. The molecule has 3 rings (SSSR count). The lowest BCUT2D eigenvalue weighted by atomic mass is 9.98. The van der Waals surface area contributed by atoms with Crippen LogP contribution in [0.15, 0.2) is 0 Å². The van der Waals surface area contributed by atoms with E-state index in [9.17, 15) is 4.79 Å². The van der Waals surface area contributed by atoms with Crippen molar-refractivity contribution in [1.29, 1.82) is 0 Å². The van der Waals surface area contributed by atoms with Gasteiger partial charge >= 0.3 is 0 Å². The number of piperidine rings is 2. The van der Waals surface area contributed by atoms with Crippen molar-refractivity contribution in [2.24, 2.45) is 0 Å². The Labute approximate surface area is 142 Å². The molecule has 0 aromatic heterocycles. The topological polar surface area (TPSA) is 26.8 Å². The van der Waals surface area contributed by atoms with Gasteiger partial charge in [-0.25, -0.2) is 0 Å². The molecule has 4 nitrogen and oxygen atoms in total. The van der Waals surface area contributed by atoms with Crippen LogP contribution in [0.3, 0.4) is 0 Å². The third-order valence-corrected chi connectivity index (χ3v) is 6.44. The largest absolute Gasteiger partial charge is 0.338 e. The minimum Gasteiger partial charge on any atom is -0.338 e. The van der Waals surface area contributed by atoms with Crippen LogP contribution in [-0.2, 0) is 4.79 Å². The number of amides is 1. The van der Waals surface area contributed by atoms with Crippen LogP contribution >= 0.6 is 0 Å². The van der Waals surface area contributed by atoms with Gasteiger partial charge in [-0.05, 0) is 71.4 Å². The van der Waals surface area contributed by atoms with E-state index in [1.807, 2.05) is 0 Å². The van der Waals surface area contributed by atoms with E-state index in [0.717, 1.165) is 32.1 Å². The average molecular weight is 322 g/mol. The predicted molar refractivity (Wildman–Crippen MR) is 94.5 cm³/mol. The van der Waals surface area contributed by atoms with E-state index in [1.165, 1.54) is 58.0 Å². The highest BCUT2D eigenvalue weighted by atomic mass is 16.2. The summed E-state index contributed by atoms with van der Waals surface area (Å²) in [6, 6.07) is 1.33. The Balaban J connectivity index is 1.51. The van der Waals surface area contributed by atoms with Gasteiger partial charge in [0.1, 0.15) is 0 Å². The fraction of sp³-hybridized carbons (Fsp3) is 0.947. The molecule has 0 radical (unpaired) electrons. The summed E-state index contributed by atoms with van der Waals surface area (Å²) in [6.07, 6.45) is 10.0. The van der Waals surface area contributed by atoms with Gasteiger partial charge in [0, 0.05) is 31.7 Å². The number of rotatable bonds is 4. The summed E-state index contributed by atoms with van der Waals surface area (Å²) in [6.45, 7) is 10.1. The second-order valence-electron chi connectivity index (χ2n) is 7.78. The molecular weight excluding hydrogens is 286 g/mol. The molecule has 3 fully saturated rings. The molecule has 0 spiro atoms. The molecule has 1 amide bonds. The van der Waals surface area contributed by atoms with Crippen molar-refractivity contribution >= 4 is 5.91 Å². The molecule has 132 valence electrons. The Morgan fingerprint density at radius 3 is 2.26 bits per heavy atom. The van der Waals surface area contributed by atoms with Crippen LogP contribution in [0.2, 0.25) is 0 Å².